The molecule has 0 bridgehead atoms. The van der Waals surface area contributed by atoms with Gasteiger partial charge in [0.2, 0.25) is 5.13 Å². The molecule has 12 heteroatoms. The van der Waals surface area contributed by atoms with Crippen LogP contribution in [0.25, 0.3) is 0 Å². The van der Waals surface area contributed by atoms with Gasteiger partial charge in [-0.25, -0.2) is 4.39 Å². The first-order chi connectivity index (χ1) is 17.0. The minimum atomic E-state index is -0.455. The number of methoxy groups -OCH3 is 2. The summed E-state index contributed by atoms with van der Waals surface area (Å²) in [5.41, 5.74) is 1.47. The lowest BCUT2D eigenvalue weighted by atomic mass is 10.1. The average Bonchev–Trinajstić information content (AvgIpc) is 3.56. The number of carbonyl (C=O) groups excluding carboxylic acids is 2. The molecule has 4 aromatic rings. The molecule has 2 N–H and O–H groups in total. The van der Waals surface area contributed by atoms with Crippen LogP contribution in [0.15, 0.2) is 58.3 Å². The predicted molar refractivity (Wildman–Crippen MR) is 136 cm³/mol. The van der Waals surface area contributed by atoms with Crippen molar-refractivity contribution in [2.75, 3.05) is 24.9 Å². The van der Waals surface area contributed by atoms with Crippen LogP contribution in [0.4, 0.5) is 15.2 Å². The Morgan fingerprint density at radius 3 is 2.51 bits per heavy atom. The zero-order valence-corrected chi connectivity index (χ0v) is 21.0. The molecule has 0 aliphatic heterocycles. The third kappa shape index (κ3) is 6.15. The van der Waals surface area contributed by atoms with Crippen molar-refractivity contribution >= 4 is 57.1 Å². The van der Waals surface area contributed by atoms with Gasteiger partial charge in [0, 0.05) is 11.3 Å². The van der Waals surface area contributed by atoms with E-state index in [0.717, 1.165) is 5.56 Å². The summed E-state index contributed by atoms with van der Waals surface area (Å²) in [6.07, 6.45) is 0. The molecule has 0 saturated heterocycles. The molecule has 0 radical (unpaired) electrons. The third-order valence-corrected chi connectivity index (χ3v) is 7.55. The van der Waals surface area contributed by atoms with Crippen molar-refractivity contribution in [2.24, 2.45) is 0 Å². The second-order valence-corrected chi connectivity index (χ2v) is 10.1. The highest BCUT2D eigenvalue weighted by Gasteiger charge is 2.20. The van der Waals surface area contributed by atoms with Gasteiger partial charge >= 0.3 is 0 Å². The summed E-state index contributed by atoms with van der Waals surface area (Å²) in [6, 6.07) is 12.7. The number of nitrogens with zero attached hydrogens (tertiary/aromatic N) is 2. The number of thioether (sulfide) groups is 1. The molecule has 2 aromatic carbocycles. The Hall–Kier alpha value is -3.48. The number of carbonyl (C=O) groups is 2. The SMILES string of the molecule is COc1cc(C(=O)Nc2nnc(SCc3ccc(F)cc3)s2)cc(NC(=O)c2cccs2)c1OC. The number of nitrogens with one attached hydrogen (secondary N) is 2. The minimum absolute atomic E-state index is 0.236. The number of ether oxygens (including phenoxy) is 2. The Morgan fingerprint density at radius 2 is 1.83 bits per heavy atom. The topological polar surface area (TPSA) is 102 Å². The standard InChI is InChI=1S/C23H19FN4O4S3/c1-31-17-11-14(10-16(19(17)32-2)25-21(30)18-4-3-9-33-18)20(29)26-22-27-28-23(35-22)34-12-13-5-7-15(24)8-6-13/h3-11H,12H2,1-2H3,(H,25,30)(H,26,27,29). The van der Waals surface area contributed by atoms with Gasteiger partial charge in [-0.15, -0.1) is 21.5 Å². The number of anilines is 2. The maximum Gasteiger partial charge on any atom is 0.265 e. The summed E-state index contributed by atoms with van der Waals surface area (Å²) < 4.78 is 24.5. The molecule has 0 aliphatic rings. The molecule has 0 atom stereocenters. The normalized spacial score (nSPS) is 10.6. The lowest BCUT2D eigenvalue weighted by Gasteiger charge is -2.15. The number of rotatable bonds is 9. The number of aromatic nitrogens is 2. The van der Waals surface area contributed by atoms with Gasteiger partial charge in [0.25, 0.3) is 11.8 Å². The van der Waals surface area contributed by atoms with Crippen molar-refractivity contribution < 1.29 is 23.5 Å². The summed E-state index contributed by atoms with van der Waals surface area (Å²) in [5, 5.41) is 15.7. The van der Waals surface area contributed by atoms with Gasteiger partial charge in [-0.2, -0.15) is 0 Å². The van der Waals surface area contributed by atoms with Crippen LogP contribution in [0.5, 0.6) is 11.5 Å². The van der Waals surface area contributed by atoms with Crippen LogP contribution in [0.2, 0.25) is 0 Å². The van der Waals surface area contributed by atoms with Gasteiger partial charge in [0.15, 0.2) is 15.8 Å². The van der Waals surface area contributed by atoms with Crippen molar-refractivity contribution in [3.05, 3.63) is 75.7 Å². The first kappa shape index (κ1) is 24.6. The van der Waals surface area contributed by atoms with E-state index < -0.39 is 5.91 Å². The van der Waals surface area contributed by atoms with E-state index in [0.29, 0.717) is 31.5 Å². The van der Waals surface area contributed by atoms with Gasteiger partial charge in [-0.1, -0.05) is 41.3 Å². The summed E-state index contributed by atoms with van der Waals surface area (Å²) in [5.74, 6) is 0.0998. The third-order valence-electron chi connectivity index (χ3n) is 4.64. The van der Waals surface area contributed by atoms with E-state index in [1.165, 1.54) is 72.9 Å². The summed E-state index contributed by atoms with van der Waals surface area (Å²) >= 11 is 3.95. The van der Waals surface area contributed by atoms with Crippen molar-refractivity contribution in [2.45, 2.75) is 10.1 Å². The van der Waals surface area contributed by atoms with Crippen molar-refractivity contribution in [3.63, 3.8) is 0 Å². The van der Waals surface area contributed by atoms with E-state index in [2.05, 4.69) is 20.8 Å². The molecular weight excluding hydrogens is 511 g/mol. The number of thiophene rings is 1. The summed E-state index contributed by atoms with van der Waals surface area (Å²) in [7, 11) is 2.89. The molecule has 2 aromatic heterocycles. The molecule has 4 rings (SSSR count). The molecule has 35 heavy (non-hydrogen) atoms. The Morgan fingerprint density at radius 1 is 1.03 bits per heavy atom. The van der Waals surface area contributed by atoms with Gasteiger partial charge in [0.1, 0.15) is 5.82 Å². The zero-order chi connectivity index (χ0) is 24.8. The van der Waals surface area contributed by atoms with Crippen LogP contribution in [0.1, 0.15) is 25.6 Å². The van der Waals surface area contributed by atoms with E-state index in [1.807, 2.05) is 0 Å². The molecule has 2 amide bonds. The fourth-order valence-corrected chi connectivity index (χ4v) is 5.32. The fourth-order valence-electron chi connectivity index (χ4n) is 2.99. The number of hydrogen-bond donors (Lipinski definition) is 2. The molecule has 0 fully saturated rings. The quantitative estimate of drug-likeness (QED) is 0.216. The van der Waals surface area contributed by atoms with Gasteiger partial charge in [-0.3, -0.25) is 14.9 Å². The fraction of sp³-hybridized carbons (Fsp3) is 0.130. The Labute approximate surface area is 212 Å². The number of amides is 2. The Bertz CT molecular complexity index is 1330. The molecule has 0 saturated carbocycles. The van der Waals surface area contributed by atoms with Crippen LogP contribution in [0, 0.1) is 5.82 Å². The largest absolute Gasteiger partial charge is 0.493 e. The van der Waals surface area contributed by atoms with Crippen molar-refractivity contribution in [1.82, 2.24) is 10.2 Å². The van der Waals surface area contributed by atoms with E-state index in [9.17, 15) is 14.0 Å². The van der Waals surface area contributed by atoms with E-state index >= 15 is 0 Å². The zero-order valence-electron chi connectivity index (χ0n) is 18.5. The van der Waals surface area contributed by atoms with Crippen molar-refractivity contribution in [1.29, 1.82) is 0 Å². The van der Waals surface area contributed by atoms with Gasteiger partial charge in [-0.05, 0) is 41.3 Å². The molecule has 8 nitrogen and oxygen atoms in total. The highest BCUT2D eigenvalue weighted by Crippen LogP contribution is 2.37. The van der Waals surface area contributed by atoms with Gasteiger partial charge in [0.05, 0.1) is 24.8 Å². The van der Waals surface area contributed by atoms with E-state index in [-0.39, 0.29) is 23.0 Å². The first-order valence-corrected chi connectivity index (χ1v) is 12.8. The molecule has 2 heterocycles. The van der Waals surface area contributed by atoms with Crippen LogP contribution in [0.3, 0.4) is 0 Å². The summed E-state index contributed by atoms with van der Waals surface area (Å²) in [6.45, 7) is 0. The van der Waals surface area contributed by atoms with Crippen LogP contribution in [-0.2, 0) is 5.75 Å². The highest BCUT2D eigenvalue weighted by atomic mass is 32.2. The number of benzene rings is 2. The van der Waals surface area contributed by atoms with E-state index in [1.54, 1.807) is 29.6 Å². The second-order valence-electron chi connectivity index (χ2n) is 6.93. The summed E-state index contributed by atoms with van der Waals surface area (Å²) in [4.78, 5) is 26.0. The van der Waals surface area contributed by atoms with Gasteiger partial charge < -0.3 is 14.8 Å². The lowest BCUT2D eigenvalue weighted by Crippen LogP contribution is -2.15. The highest BCUT2D eigenvalue weighted by molar-refractivity contribution is 8.00. The predicted octanol–water partition coefficient (Wildman–Crippen LogP) is 5.55. The van der Waals surface area contributed by atoms with Crippen LogP contribution in [-0.4, -0.2) is 36.2 Å². The Balaban J connectivity index is 1.47. The Kier molecular flexibility index (Phi) is 7.95. The monoisotopic (exact) mass is 530 g/mol. The smallest absolute Gasteiger partial charge is 0.265 e. The maximum absolute atomic E-state index is 13.1. The maximum atomic E-state index is 13.1. The van der Waals surface area contributed by atoms with Crippen LogP contribution >= 0.6 is 34.4 Å². The van der Waals surface area contributed by atoms with Crippen molar-refractivity contribution in [3.8, 4) is 11.5 Å². The number of hydrogen-bond acceptors (Lipinski definition) is 9. The lowest BCUT2D eigenvalue weighted by molar-refractivity contribution is 0.101. The van der Waals surface area contributed by atoms with Crippen LogP contribution < -0.4 is 20.1 Å². The molecule has 0 spiro atoms. The average molecular weight is 531 g/mol. The molecular formula is C23H19FN4O4S3. The first-order valence-electron chi connectivity index (χ1n) is 10.1. The van der Waals surface area contributed by atoms with E-state index in [4.69, 9.17) is 9.47 Å². The molecule has 0 aliphatic carbocycles. The minimum Gasteiger partial charge on any atom is -0.493 e. The number of halogens is 1. The molecule has 180 valence electrons. The second kappa shape index (κ2) is 11.3. The molecule has 0 unspecified atom stereocenters.